The van der Waals surface area contributed by atoms with Crippen LogP contribution in [0.5, 0.6) is 0 Å². The molecule has 0 bridgehead atoms. The summed E-state index contributed by atoms with van der Waals surface area (Å²) in [6.45, 7) is 3.37. The molecular formula is C28H33Cl2N2O2S+. The average molecular weight is 533 g/mol. The van der Waals surface area contributed by atoms with E-state index in [1.807, 2.05) is 78.0 Å². The molecule has 1 aliphatic rings. The zero-order valence-electron chi connectivity index (χ0n) is 20.3. The lowest BCUT2D eigenvalue weighted by atomic mass is 9.83. The predicted molar refractivity (Wildman–Crippen MR) is 145 cm³/mol. The van der Waals surface area contributed by atoms with Gasteiger partial charge in [-0.1, -0.05) is 65.7 Å². The molecule has 1 atom stereocenters. The van der Waals surface area contributed by atoms with Gasteiger partial charge in [0, 0.05) is 38.8 Å². The molecule has 7 heteroatoms. The van der Waals surface area contributed by atoms with Crippen molar-refractivity contribution in [2.75, 3.05) is 40.3 Å². The number of halogens is 2. The molecule has 2 aromatic carbocycles. The summed E-state index contributed by atoms with van der Waals surface area (Å²) in [4.78, 5) is 15.5. The highest BCUT2D eigenvalue weighted by Crippen LogP contribution is 2.36. The molecular weight excluding hydrogens is 499 g/mol. The Hall–Kier alpha value is -1.89. The molecule has 1 unspecified atom stereocenters. The summed E-state index contributed by atoms with van der Waals surface area (Å²) < 4.78 is 0.898. The van der Waals surface area contributed by atoms with Crippen molar-refractivity contribution in [2.24, 2.45) is 0 Å². The number of aliphatic hydroxyl groups is 1. The molecule has 1 amide bonds. The van der Waals surface area contributed by atoms with Gasteiger partial charge in [0.1, 0.15) is 5.60 Å². The third kappa shape index (κ3) is 6.28. The van der Waals surface area contributed by atoms with Crippen molar-refractivity contribution < 1.29 is 14.4 Å². The van der Waals surface area contributed by atoms with E-state index in [9.17, 15) is 9.90 Å². The van der Waals surface area contributed by atoms with E-state index in [0.717, 1.165) is 59.4 Å². The molecule has 0 spiro atoms. The molecule has 3 aromatic rings. The Balaban J connectivity index is 1.46. The minimum Gasteiger partial charge on any atom is -0.385 e. The summed E-state index contributed by atoms with van der Waals surface area (Å²) in [6.07, 6.45) is 2.38. The number of likely N-dealkylation sites (tertiary alicyclic amines) is 1. The summed E-state index contributed by atoms with van der Waals surface area (Å²) in [5.74, 6) is 0.167. The van der Waals surface area contributed by atoms with E-state index in [0.29, 0.717) is 16.6 Å². The van der Waals surface area contributed by atoms with Gasteiger partial charge in [0.15, 0.2) is 0 Å². The number of nitrogens with zero attached hydrogens (tertiary/aromatic N) is 2. The zero-order valence-corrected chi connectivity index (χ0v) is 22.6. The van der Waals surface area contributed by atoms with Crippen LogP contribution in [0, 0.1) is 0 Å². The van der Waals surface area contributed by atoms with Crippen molar-refractivity contribution in [3.05, 3.63) is 92.1 Å². The first-order chi connectivity index (χ1) is 16.7. The molecule has 186 valence electrons. The van der Waals surface area contributed by atoms with Crippen LogP contribution in [0.25, 0.3) is 0 Å². The van der Waals surface area contributed by atoms with E-state index in [2.05, 4.69) is 7.05 Å². The number of piperidine rings is 1. The van der Waals surface area contributed by atoms with Crippen LogP contribution in [0.1, 0.15) is 46.0 Å². The SMILES string of the molecule is CN(CC(CC[N+]1(C)CCC(O)(c2ccccc2)CC1)c1ccc(Cl)c(Cl)c1)C(=O)c1cccs1. The lowest BCUT2D eigenvalue weighted by Crippen LogP contribution is -2.54. The first-order valence-corrected chi connectivity index (χ1v) is 13.7. The summed E-state index contributed by atoms with van der Waals surface area (Å²) in [7, 11) is 4.14. The summed E-state index contributed by atoms with van der Waals surface area (Å²) in [5.41, 5.74) is 1.35. The highest BCUT2D eigenvalue weighted by molar-refractivity contribution is 7.12. The first kappa shape index (κ1) is 26.2. The highest BCUT2D eigenvalue weighted by atomic mass is 35.5. The van der Waals surface area contributed by atoms with Gasteiger partial charge < -0.3 is 14.5 Å². The molecule has 4 rings (SSSR count). The Bertz CT molecular complexity index is 1130. The van der Waals surface area contributed by atoms with Gasteiger partial charge in [0.25, 0.3) is 5.91 Å². The number of carbonyl (C=O) groups is 1. The van der Waals surface area contributed by atoms with Crippen LogP contribution < -0.4 is 0 Å². The smallest absolute Gasteiger partial charge is 0.263 e. The Labute approximate surface area is 222 Å². The number of thiophene rings is 1. The van der Waals surface area contributed by atoms with E-state index in [4.69, 9.17) is 23.2 Å². The number of hydrogen-bond donors (Lipinski definition) is 1. The van der Waals surface area contributed by atoms with E-state index in [1.54, 1.807) is 0 Å². The third-order valence-electron chi connectivity index (χ3n) is 7.45. The fourth-order valence-electron chi connectivity index (χ4n) is 5.01. The van der Waals surface area contributed by atoms with Crippen LogP contribution in [0.4, 0.5) is 0 Å². The lowest BCUT2D eigenvalue weighted by molar-refractivity contribution is -0.917. The zero-order chi connectivity index (χ0) is 25.1. The highest BCUT2D eigenvalue weighted by Gasteiger charge is 2.40. The standard InChI is InChI=1S/C28H33Cl2N2O2S/c1-31(27(33)26-9-6-18-35-26)20-22(21-10-11-24(29)25(30)19-21)12-15-32(2)16-13-28(34,14-17-32)23-7-4-3-5-8-23/h3-11,18-19,22,34H,12-17,20H2,1-2H3/q+1. The molecule has 1 saturated heterocycles. The van der Waals surface area contributed by atoms with Gasteiger partial charge >= 0.3 is 0 Å². The third-order valence-corrected chi connectivity index (χ3v) is 9.04. The molecule has 1 aromatic heterocycles. The Morgan fingerprint density at radius 3 is 2.43 bits per heavy atom. The maximum absolute atomic E-state index is 12.9. The van der Waals surface area contributed by atoms with Gasteiger partial charge in [0.2, 0.25) is 0 Å². The molecule has 1 N–H and O–H groups in total. The Morgan fingerprint density at radius 1 is 1.09 bits per heavy atom. The van der Waals surface area contributed by atoms with E-state index < -0.39 is 5.60 Å². The molecule has 0 saturated carbocycles. The molecule has 2 heterocycles. The average Bonchev–Trinajstić information content (AvgIpc) is 3.41. The van der Waals surface area contributed by atoms with Crippen LogP contribution in [-0.4, -0.2) is 60.7 Å². The Kier molecular flexibility index (Phi) is 8.24. The normalized spacial score (nSPS) is 23.1. The van der Waals surface area contributed by atoms with E-state index in [-0.39, 0.29) is 11.8 Å². The lowest BCUT2D eigenvalue weighted by Gasteiger charge is -2.45. The van der Waals surface area contributed by atoms with Crippen LogP contribution in [0.3, 0.4) is 0 Å². The molecule has 35 heavy (non-hydrogen) atoms. The van der Waals surface area contributed by atoms with Gasteiger partial charge in [-0.15, -0.1) is 11.3 Å². The number of rotatable bonds is 8. The van der Waals surface area contributed by atoms with Gasteiger partial charge in [-0.25, -0.2) is 0 Å². The molecule has 1 aliphatic heterocycles. The number of hydrogen-bond acceptors (Lipinski definition) is 3. The predicted octanol–water partition coefficient (Wildman–Crippen LogP) is 6.43. The molecule has 1 fully saturated rings. The summed E-state index contributed by atoms with van der Waals surface area (Å²) in [5, 5.41) is 14.3. The van der Waals surface area contributed by atoms with Crippen molar-refractivity contribution in [3.8, 4) is 0 Å². The topological polar surface area (TPSA) is 40.5 Å². The fourth-order valence-corrected chi connectivity index (χ4v) is 6.03. The minimum absolute atomic E-state index is 0.0383. The van der Waals surface area contributed by atoms with Crippen LogP contribution in [0.2, 0.25) is 10.0 Å². The van der Waals surface area contributed by atoms with Crippen molar-refractivity contribution >= 4 is 40.4 Å². The maximum atomic E-state index is 12.9. The summed E-state index contributed by atoms with van der Waals surface area (Å²) >= 11 is 14.0. The molecule has 4 nitrogen and oxygen atoms in total. The summed E-state index contributed by atoms with van der Waals surface area (Å²) in [6, 6.07) is 19.6. The van der Waals surface area contributed by atoms with Crippen LogP contribution in [0.15, 0.2) is 66.0 Å². The molecule has 0 radical (unpaired) electrons. The van der Waals surface area contributed by atoms with Gasteiger partial charge in [0.05, 0.1) is 41.6 Å². The number of benzene rings is 2. The van der Waals surface area contributed by atoms with Crippen LogP contribution >= 0.6 is 34.5 Å². The van der Waals surface area contributed by atoms with E-state index >= 15 is 0 Å². The fraction of sp³-hybridized carbons (Fsp3) is 0.393. The van der Waals surface area contributed by atoms with Crippen molar-refractivity contribution in [1.29, 1.82) is 0 Å². The monoisotopic (exact) mass is 531 g/mol. The van der Waals surface area contributed by atoms with Gasteiger partial charge in [-0.3, -0.25) is 4.79 Å². The number of quaternary nitrogens is 1. The Morgan fingerprint density at radius 2 is 1.80 bits per heavy atom. The maximum Gasteiger partial charge on any atom is 0.263 e. The van der Waals surface area contributed by atoms with Crippen molar-refractivity contribution in [2.45, 2.75) is 30.8 Å². The second-order valence-corrected chi connectivity index (χ2v) is 11.8. The van der Waals surface area contributed by atoms with Crippen molar-refractivity contribution in [1.82, 2.24) is 4.90 Å². The second kappa shape index (κ2) is 11.0. The minimum atomic E-state index is -0.754. The van der Waals surface area contributed by atoms with Crippen LogP contribution in [-0.2, 0) is 5.60 Å². The van der Waals surface area contributed by atoms with E-state index in [1.165, 1.54) is 11.3 Å². The number of amides is 1. The second-order valence-electron chi connectivity index (χ2n) is 10.0. The largest absolute Gasteiger partial charge is 0.385 e. The quantitative estimate of drug-likeness (QED) is 0.340. The van der Waals surface area contributed by atoms with Gasteiger partial charge in [-0.2, -0.15) is 0 Å². The first-order valence-electron chi connectivity index (χ1n) is 12.0. The molecule has 0 aliphatic carbocycles. The number of carbonyl (C=O) groups excluding carboxylic acids is 1. The van der Waals surface area contributed by atoms with Gasteiger partial charge in [-0.05, 0) is 34.7 Å². The van der Waals surface area contributed by atoms with Crippen molar-refractivity contribution in [3.63, 3.8) is 0 Å². The number of likely N-dealkylation sites (N-methyl/N-ethyl adjacent to an activating group) is 1.